The second-order valence-electron chi connectivity index (χ2n) is 6.66. The molecule has 0 saturated heterocycles. The Hall–Kier alpha value is -3.58. The molecule has 0 bridgehead atoms. The Morgan fingerprint density at radius 1 is 0.968 bits per heavy atom. The molecule has 4 aromatic rings. The van der Waals surface area contributed by atoms with E-state index in [0.717, 1.165) is 4.47 Å². The quantitative estimate of drug-likeness (QED) is 0.356. The van der Waals surface area contributed by atoms with Crippen molar-refractivity contribution in [3.8, 4) is 11.5 Å². The van der Waals surface area contributed by atoms with Crippen LogP contribution in [0.5, 0.6) is 11.5 Å². The summed E-state index contributed by atoms with van der Waals surface area (Å²) >= 11 is 3.36. The van der Waals surface area contributed by atoms with Crippen LogP contribution in [0.25, 0.3) is 11.0 Å². The van der Waals surface area contributed by atoms with Gasteiger partial charge in [-0.2, -0.15) is 0 Å². The van der Waals surface area contributed by atoms with E-state index in [1.165, 1.54) is 7.11 Å². The van der Waals surface area contributed by atoms with Gasteiger partial charge < -0.3 is 19.2 Å². The molecular formula is C24H18BrNO5. The molecule has 7 heteroatoms. The number of furan rings is 1. The van der Waals surface area contributed by atoms with Crippen molar-refractivity contribution in [2.45, 2.75) is 0 Å². The van der Waals surface area contributed by atoms with Gasteiger partial charge in [0.25, 0.3) is 5.91 Å². The lowest BCUT2D eigenvalue weighted by Gasteiger charge is -2.09. The van der Waals surface area contributed by atoms with E-state index < -0.39 is 5.91 Å². The number of benzene rings is 3. The standard InChI is InChI=1S/C24H18BrNO5/c1-29-17-8-4-6-15(12-17)23(28)24-22(19-10-2-3-11-20(19)31-24)26-21(27)14-30-18-9-5-7-16(25)13-18/h2-13H,14H2,1H3,(H,26,27). The van der Waals surface area contributed by atoms with Crippen molar-refractivity contribution in [2.24, 2.45) is 0 Å². The van der Waals surface area contributed by atoms with Crippen molar-refractivity contribution < 1.29 is 23.5 Å². The average molecular weight is 480 g/mol. The van der Waals surface area contributed by atoms with Crippen LogP contribution in [0.2, 0.25) is 0 Å². The fourth-order valence-corrected chi connectivity index (χ4v) is 3.48. The van der Waals surface area contributed by atoms with E-state index in [1.807, 2.05) is 18.2 Å². The third-order valence-electron chi connectivity index (χ3n) is 4.56. The molecule has 4 rings (SSSR count). The highest BCUT2D eigenvalue weighted by atomic mass is 79.9. The van der Waals surface area contributed by atoms with Crippen molar-refractivity contribution in [2.75, 3.05) is 19.0 Å². The van der Waals surface area contributed by atoms with E-state index in [4.69, 9.17) is 13.9 Å². The zero-order valence-corrected chi connectivity index (χ0v) is 18.1. The van der Waals surface area contributed by atoms with Crippen LogP contribution in [0.15, 0.2) is 81.7 Å². The van der Waals surface area contributed by atoms with Crippen LogP contribution in [0.4, 0.5) is 5.69 Å². The third-order valence-corrected chi connectivity index (χ3v) is 5.06. The molecule has 31 heavy (non-hydrogen) atoms. The smallest absolute Gasteiger partial charge is 0.262 e. The number of para-hydroxylation sites is 1. The first-order valence-electron chi connectivity index (χ1n) is 9.43. The zero-order valence-electron chi connectivity index (χ0n) is 16.6. The maximum Gasteiger partial charge on any atom is 0.262 e. The number of fused-ring (bicyclic) bond motifs is 1. The summed E-state index contributed by atoms with van der Waals surface area (Å²) in [5.41, 5.74) is 1.20. The molecule has 156 valence electrons. The number of halogens is 1. The lowest BCUT2D eigenvalue weighted by atomic mass is 10.1. The number of anilines is 1. The number of hydrogen-bond acceptors (Lipinski definition) is 5. The molecule has 0 fully saturated rings. The molecule has 0 radical (unpaired) electrons. The van der Waals surface area contributed by atoms with Crippen molar-refractivity contribution in [3.63, 3.8) is 0 Å². The zero-order chi connectivity index (χ0) is 21.8. The summed E-state index contributed by atoms with van der Waals surface area (Å²) in [6.45, 7) is -0.219. The number of amides is 1. The summed E-state index contributed by atoms with van der Waals surface area (Å²) in [7, 11) is 1.53. The lowest BCUT2D eigenvalue weighted by Crippen LogP contribution is -2.21. The van der Waals surface area contributed by atoms with Crippen LogP contribution >= 0.6 is 15.9 Å². The summed E-state index contributed by atoms with van der Waals surface area (Å²) in [4.78, 5) is 25.8. The van der Waals surface area contributed by atoms with Gasteiger partial charge in [0.1, 0.15) is 17.1 Å². The SMILES string of the molecule is COc1cccc(C(=O)c2oc3ccccc3c2NC(=O)COc2cccc(Br)c2)c1. The highest BCUT2D eigenvalue weighted by Crippen LogP contribution is 2.33. The van der Waals surface area contributed by atoms with E-state index in [1.54, 1.807) is 54.6 Å². The first-order chi connectivity index (χ1) is 15.0. The van der Waals surface area contributed by atoms with Gasteiger partial charge in [-0.05, 0) is 42.5 Å². The molecule has 0 atom stereocenters. The summed E-state index contributed by atoms with van der Waals surface area (Å²) in [6.07, 6.45) is 0. The largest absolute Gasteiger partial charge is 0.497 e. The van der Waals surface area contributed by atoms with Gasteiger partial charge in [-0.25, -0.2) is 0 Å². The number of rotatable bonds is 7. The number of ketones is 1. The van der Waals surface area contributed by atoms with Crippen LogP contribution < -0.4 is 14.8 Å². The first kappa shape index (κ1) is 20.7. The van der Waals surface area contributed by atoms with Crippen LogP contribution in [-0.2, 0) is 4.79 Å². The number of hydrogen-bond donors (Lipinski definition) is 1. The number of carbonyl (C=O) groups is 2. The highest BCUT2D eigenvalue weighted by molar-refractivity contribution is 9.10. The third kappa shape index (κ3) is 4.62. The second-order valence-corrected chi connectivity index (χ2v) is 7.57. The molecule has 6 nitrogen and oxygen atoms in total. The monoisotopic (exact) mass is 479 g/mol. The fourth-order valence-electron chi connectivity index (χ4n) is 3.11. The predicted octanol–water partition coefficient (Wildman–Crippen LogP) is 5.45. The van der Waals surface area contributed by atoms with E-state index in [9.17, 15) is 9.59 Å². The Kier molecular flexibility index (Phi) is 6.04. The number of methoxy groups -OCH3 is 1. The molecule has 1 aromatic heterocycles. The number of ether oxygens (including phenoxy) is 2. The van der Waals surface area contributed by atoms with E-state index >= 15 is 0 Å². The van der Waals surface area contributed by atoms with E-state index in [2.05, 4.69) is 21.2 Å². The fraction of sp³-hybridized carbons (Fsp3) is 0.0833. The number of nitrogens with one attached hydrogen (secondary N) is 1. The maximum atomic E-state index is 13.2. The van der Waals surface area contributed by atoms with Crippen molar-refractivity contribution in [1.82, 2.24) is 0 Å². The van der Waals surface area contributed by atoms with Gasteiger partial charge in [0.2, 0.25) is 5.78 Å². The Balaban J connectivity index is 1.61. The van der Waals surface area contributed by atoms with Gasteiger partial charge in [-0.1, -0.05) is 46.3 Å². The molecule has 0 aliphatic carbocycles. The molecule has 1 N–H and O–H groups in total. The normalized spacial score (nSPS) is 10.6. The predicted molar refractivity (Wildman–Crippen MR) is 121 cm³/mol. The Morgan fingerprint density at radius 3 is 2.55 bits per heavy atom. The summed E-state index contributed by atoms with van der Waals surface area (Å²) in [5.74, 6) is 0.374. The summed E-state index contributed by atoms with van der Waals surface area (Å²) in [5, 5.41) is 3.41. The van der Waals surface area contributed by atoms with Crippen LogP contribution in [0, 0.1) is 0 Å². The van der Waals surface area contributed by atoms with Crippen LogP contribution in [0.1, 0.15) is 16.1 Å². The minimum Gasteiger partial charge on any atom is -0.497 e. The van der Waals surface area contributed by atoms with E-state index in [0.29, 0.717) is 33.7 Å². The summed E-state index contributed by atoms with van der Waals surface area (Å²) in [6, 6.07) is 21.1. The van der Waals surface area contributed by atoms with Gasteiger partial charge in [0.05, 0.1) is 12.8 Å². The molecular weight excluding hydrogens is 462 g/mol. The van der Waals surface area contributed by atoms with E-state index in [-0.39, 0.29) is 18.2 Å². The number of carbonyl (C=O) groups excluding carboxylic acids is 2. The lowest BCUT2D eigenvalue weighted by molar-refractivity contribution is -0.118. The molecule has 0 aliphatic heterocycles. The Labute approximate surface area is 186 Å². The second kappa shape index (κ2) is 9.06. The van der Waals surface area contributed by atoms with Crippen molar-refractivity contribution in [3.05, 3.63) is 88.6 Å². The van der Waals surface area contributed by atoms with Crippen molar-refractivity contribution in [1.29, 1.82) is 0 Å². The minimum atomic E-state index is -0.411. The Bertz CT molecular complexity index is 1260. The van der Waals surface area contributed by atoms with Gasteiger partial charge in [-0.3, -0.25) is 9.59 Å². The molecule has 3 aromatic carbocycles. The van der Waals surface area contributed by atoms with Gasteiger partial charge >= 0.3 is 0 Å². The highest BCUT2D eigenvalue weighted by Gasteiger charge is 2.23. The van der Waals surface area contributed by atoms with Crippen LogP contribution in [0.3, 0.4) is 0 Å². The van der Waals surface area contributed by atoms with Crippen LogP contribution in [-0.4, -0.2) is 25.4 Å². The van der Waals surface area contributed by atoms with Gasteiger partial charge in [0, 0.05) is 15.4 Å². The summed E-state index contributed by atoms with van der Waals surface area (Å²) < 4.78 is 17.4. The molecule has 1 amide bonds. The maximum absolute atomic E-state index is 13.2. The first-order valence-corrected chi connectivity index (χ1v) is 10.2. The Morgan fingerprint density at radius 2 is 1.74 bits per heavy atom. The van der Waals surface area contributed by atoms with Gasteiger partial charge in [0.15, 0.2) is 12.4 Å². The molecule has 0 aliphatic rings. The molecule has 0 spiro atoms. The molecule has 0 saturated carbocycles. The molecule has 0 unspecified atom stereocenters. The average Bonchev–Trinajstić information content (AvgIpc) is 3.15. The minimum absolute atomic E-state index is 0.0465. The molecule has 1 heterocycles. The topological polar surface area (TPSA) is 77.8 Å². The van der Waals surface area contributed by atoms with Gasteiger partial charge in [-0.15, -0.1) is 0 Å². The van der Waals surface area contributed by atoms with Crippen molar-refractivity contribution >= 4 is 44.3 Å².